The fourth-order valence-electron chi connectivity index (χ4n) is 3.93. The molecular weight excluding hydrogens is 438 g/mol. The van der Waals surface area contributed by atoms with Crippen LogP contribution in [0.1, 0.15) is 36.5 Å². The SMILES string of the molecule is CCCCCOc1ccc(C(=O)N2CCN(c3nc4c(OC)ccc(OC)c4s3)CC2)cc1. The molecule has 2 heterocycles. The summed E-state index contributed by atoms with van der Waals surface area (Å²) < 4.78 is 17.7. The second-order valence-corrected chi connectivity index (χ2v) is 8.98. The van der Waals surface area contributed by atoms with Gasteiger partial charge in [0.15, 0.2) is 5.13 Å². The lowest BCUT2D eigenvalue weighted by molar-refractivity contribution is 0.0746. The fraction of sp³-hybridized carbons (Fsp3) is 0.440. The van der Waals surface area contributed by atoms with Gasteiger partial charge in [-0.15, -0.1) is 0 Å². The summed E-state index contributed by atoms with van der Waals surface area (Å²) in [6, 6.07) is 11.3. The smallest absolute Gasteiger partial charge is 0.253 e. The van der Waals surface area contributed by atoms with Gasteiger partial charge in [-0.1, -0.05) is 31.1 Å². The molecule has 1 aliphatic rings. The number of aromatic nitrogens is 1. The van der Waals surface area contributed by atoms with E-state index in [9.17, 15) is 4.79 Å². The molecule has 1 aromatic heterocycles. The predicted octanol–water partition coefficient (Wildman–Crippen LogP) is 4.84. The minimum absolute atomic E-state index is 0.0554. The summed E-state index contributed by atoms with van der Waals surface area (Å²) in [7, 11) is 3.31. The Hall–Kier alpha value is -3.00. The van der Waals surface area contributed by atoms with E-state index in [0.29, 0.717) is 25.3 Å². The van der Waals surface area contributed by atoms with Crippen LogP contribution in [0.25, 0.3) is 10.2 Å². The highest BCUT2D eigenvalue weighted by molar-refractivity contribution is 7.22. The van der Waals surface area contributed by atoms with E-state index in [1.54, 1.807) is 25.6 Å². The van der Waals surface area contributed by atoms with Crippen LogP contribution in [0.4, 0.5) is 5.13 Å². The number of ether oxygens (including phenoxy) is 3. The van der Waals surface area contributed by atoms with Gasteiger partial charge in [-0.25, -0.2) is 4.98 Å². The number of unbranched alkanes of at least 4 members (excludes halogenated alkanes) is 2. The molecule has 0 atom stereocenters. The maximum atomic E-state index is 13.0. The Morgan fingerprint density at radius 3 is 2.33 bits per heavy atom. The van der Waals surface area contributed by atoms with Gasteiger partial charge >= 0.3 is 0 Å². The molecule has 1 amide bonds. The molecule has 0 spiro atoms. The number of benzene rings is 2. The Kier molecular flexibility index (Phi) is 7.54. The highest BCUT2D eigenvalue weighted by Gasteiger charge is 2.25. The Bertz CT molecular complexity index is 1030. The third-order valence-corrected chi connectivity index (χ3v) is 6.98. The molecule has 0 radical (unpaired) electrons. The first-order valence-corrected chi connectivity index (χ1v) is 12.2. The molecule has 176 valence electrons. The van der Waals surface area contributed by atoms with Gasteiger partial charge < -0.3 is 24.0 Å². The van der Waals surface area contributed by atoms with Gasteiger partial charge in [0, 0.05) is 31.7 Å². The first-order chi connectivity index (χ1) is 16.1. The number of carbonyl (C=O) groups is 1. The Labute approximate surface area is 198 Å². The lowest BCUT2D eigenvalue weighted by Crippen LogP contribution is -2.48. The van der Waals surface area contributed by atoms with Gasteiger partial charge in [-0.3, -0.25) is 4.79 Å². The summed E-state index contributed by atoms with van der Waals surface area (Å²) >= 11 is 1.59. The zero-order chi connectivity index (χ0) is 23.2. The van der Waals surface area contributed by atoms with E-state index in [-0.39, 0.29) is 5.91 Å². The van der Waals surface area contributed by atoms with Crippen LogP contribution in [0.5, 0.6) is 17.2 Å². The van der Waals surface area contributed by atoms with Crippen molar-refractivity contribution in [2.75, 3.05) is 51.9 Å². The van der Waals surface area contributed by atoms with E-state index in [4.69, 9.17) is 19.2 Å². The van der Waals surface area contributed by atoms with Crippen molar-refractivity contribution in [3.63, 3.8) is 0 Å². The highest BCUT2D eigenvalue weighted by atomic mass is 32.1. The van der Waals surface area contributed by atoms with Crippen molar-refractivity contribution < 1.29 is 19.0 Å². The summed E-state index contributed by atoms with van der Waals surface area (Å²) in [6.45, 7) is 5.65. The zero-order valence-corrected chi connectivity index (χ0v) is 20.3. The standard InChI is InChI=1S/C25H31N3O4S/c1-4-5-6-17-32-19-9-7-18(8-10-19)24(29)27-13-15-28(16-14-27)25-26-22-20(30-2)11-12-21(31-3)23(22)33-25/h7-12H,4-6,13-17H2,1-3H3. The molecule has 3 aromatic rings. The number of rotatable bonds is 9. The van der Waals surface area contributed by atoms with Crippen molar-refractivity contribution in [3.8, 4) is 17.2 Å². The van der Waals surface area contributed by atoms with Crippen LogP contribution in [-0.2, 0) is 0 Å². The van der Waals surface area contributed by atoms with Crippen molar-refractivity contribution >= 4 is 32.6 Å². The maximum absolute atomic E-state index is 13.0. The summed E-state index contributed by atoms with van der Waals surface area (Å²) in [5, 5.41) is 0.921. The van der Waals surface area contributed by atoms with Crippen molar-refractivity contribution in [3.05, 3.63) is 42.0 Å². The van der Waals surface area contributed by atoms with Crippen molar-refractivity contribution in [2.24, 2.45) is 0 Å². The summed E-state index contributed by atoms with van der Waals surface area (Å²) in [4.78, 5) is 21.9. The largest absolute Gasteiger partial charge is 0.495 e. The number of carbonyl (C=O) groups excluding carboxylic acids is 1. The van der Waals surface area contributed by atoms with Gasteiger partial charge in [0.05, 0.1) is 20.8 Å². The molecule has 2 aromatic carbocycles. The molecule has 0 saturated carbocycles. The van der Waals surface area contributed by atoms with Crippen LogP contribution in [0.2, 0.25) is 0 Å². The van der Waals surface area contributed by atoms with Gasteiger partial charge in [0.2, 0.25) is 0 Å². The fourth-order valence-corrected chi connectivity index (χ4v) is 5.05. The number of amides is 1. The van der Waals surface area contributed by atoms with E-state index in [1.165, 1.54) is 12.8 Å². The number of methoxy groups -OCH3 is 2. The molecule has 8 heteroatoms. The molecule has 1 fully saturated rings. The van der Waals surface area contributed by atoms with Gasteiger partial charge in [0.1, 0.15) is 27.5 Å². The average Bonchev–Trinajstić information content (AvgIpc) is 3.32. The molecule has 7 nitrogen and oxygen atoms in total. The minimum Gasteiger partial charge on any atom is -0.495 e. The van der Waals surface area contributed by atoms with Crippen LogP contribution in [0.3, 0.4) is 0 Å². The number of hydrogen-bond acceptors (Lipinski definition) is 7. The molecule has 1 aliphatic heterocycles. The van der Waals surface area contributed by atoms with Crippen LogP contribution in [0.15, 0.2) is 36.4 Å². The normalized spacial score (nSPS) is 13.9. The third-order valence-electron chi connectivity index (χ3n) is 5.85. The summed E-state index contributed by atoms with van der Waals surface area (Å²) in [5.41, 5.74) is 1.51. The Balaban J connectivity index is 1.37. The Morgan fingerprint density at radius 2 is 1.67 bits per heavy atom. The molecular formula is C25H31N3O4S. The quantitative estimate of drug-likeness (QED) is 0.418. The van der Waals surface area contributed by atoms with E-state index in [0.717, 1.165) is 52.1 Å². The minimum atomic E-state index is 0.0554. The predicted molar refractivity (Wildman–Crippen MR) is 132 cm³/mol. The first-order valence-electron chi connectivity index (χ1n) is 11.4. The summed E-state index contributed by atoms with van der Waals surface area (Å²) in [5.74, 6) is 2.40. The third kappa shape index (κ3) is 5.16. The van der Waals surface area contributed by atoms with Crippen LogP contribution >= 0.6 is 11.3 Å². The average molecular weight is 470 g/mol. The second kappa shape index (κ2) is 10.7. The van der Waals surface area contributed by atoms with Gasteiger partial charge in [-0.2, -0.15) is 0 Å². The van der Waals surface area contributed by atoms with E-state index in [2.05, 4.69) is 11.8 Å². The van der Waals surface area contributed by atoms with Crippen LogP contribution < -0.4 is 19.1 Å². The molecule has 0 unspecified atom stereocenters. The maximum Gasteiger partial charge on any atom is 0.253 e. The molecule has 0 N–H and O–H groups in total. The van der Waals surface area contributed by atoms with Crippen molar-refractivity contribution in [1.82, 2.24) is 9.88 Å². The number of nitrogens with zero attached hydrogens (tertiary/aromatic N) is 3. The number of fused-ring (bicyclic) bond motifs is 1. The monoisotopic (exact) mass is 469 g/mol. The van der Waals surface area contributed by atoms with E-state index in [1.807, 2.05) is 41.3 Å². The van der Waals surface area contributed by atoms with Crippen LogP contribution in [0, 0.1) is 0 Å². The number of thiazole rings is 1. The molecule has 1 saturated heterocycles. The highest BCUT2D eigenvalue weighted by Crippen LogP contribution is 2.40. The van der Waals surface area contributed by atoms with Gasteiger partial charge in [-0.05, 0) is 42.8 Å². The number of piperazine rings is 1. The topological polar surface area (TPSA) is 64.1 Å². The molecule has 0 bridgehead atoms. The summed E-state index contributed by atoms with van der Waals surface area (Å²) in [6.07, 6.45) is 3.39. The van der Waals surface area contributed by atoms with E-state index >= 15 is 0 Å². The van der Waals surface area contributed by atoms with Crippen LogP contribution in [-0.4, -0.2) is 62.8 Å². The Morgan fingerprint density at radius 1 is 0.970 bits per heavy atom. The lowest BCUT2D eigenvalue weighted by Gasteiger charge is -2.34. The number of hydrogen-bond donors (Lipinski definition) is 0. The molecule has 4 rings (SSSR count). The second-order valence-electron chi connectivity index (χ2n) is 8.00. The van der Waals surface area contributed by atoms with Gasteiger partial charge in [0.25, 0.3) is 5.91 Å². The van der Waals surface area contributed by atoms with E-state index < -0.39 is 0 Å². The number of anilines is 1. The molecule has 33 heavy (non-hydrogen) atoms. The molecule has 0 aliphatic carbocycles. The lowest BCUT2D eigenvalue weighted by atomic mass is 10.1. The van der Waals surface area contributed by atoms with Crippen molar-refractivity contribution in [2.45, 2.75) is 26.2 Å². The van der Waals surface area contributed by atoms with Crippen molar-refractivity contribution in [1.29, 1.82) is 0 Å². The first kappa shape index (κ1) is 23.2. The zero-order valence-electron chi connectivity index (χ0n) is 19.5.